The number of fused-ring (bicyclic) bond motifs is 8. The summed E-state index contributed by atoms with van der Waals surface area (Å²) in [5.74, 6) is 1.86. The van der Waals surface area contributed by atoms with Gasteiger partial charge in [-0.05, 0) is 85.3 Å². The summed E-state index contributed by atoms with van der Waals surface area (Å²) in [5, 5.41) is 7.00. The minimum absolute atomic E-state index is 0.127. The highest BCUT2D eigenvalue weighted by molar-refractivity contribution is 6.12. The van der Waals surface area contributed by atoms with E-state index in [9.17, 15) is 0 Å². The lowest BCUT2D eigenvalue weighted by molar-refractivity contribution is 0.661. The molecule has 8 aromatic carbocycles. The molecule has 0 saturated heterocycles. The van der Waals surface area contributed by atoms with Crippen molar-refractivity contribution in [1.82, 2.24) is 19.5 Å². The number of aromatic nitrogens is 4. The van der Waals surface area contributed by atoms with Gasteiger partial charge in [0.05, 0.1) is 11.0 Å². The summed E-state index contributed by atoms with van der Waals surface area (Å²) in [5.41, 5.74) is 11.4. The van der Waals surface area contributed by atoms with E-state index < -0.39 is 0 Å². The molecule has 2 heterocycles. The van der Waals surface area contributed by atoms with Gasteiger partial charge < -0.3 is 0 Å². The van der Waals surface area contributed by atoms with E-state index in [0.717, 1.165) is 44.1 Å². The van der Waals surface area contributed by atoms with Crippen LogP contribution in [0.15, 0.2) is 170 Å². The Hall–Kier alpha value is -6.91. The second-order valence-electron chi connectivity index (χ2n) is 14.9. The monoisotopic (exact) mass is 690 g/mol. The van der Waals surface area contributed by atoms with Gasteiger partial charge in [0.2, 0.25) is 5.95 Å². The third-order valence-corrected chi connectivity index (χ3v) is 11.4. The highest BCUT2D eigenvalue weighted by Crippen LogP contribution is 2.51. The third kappa shape index (κ3) is 4.66. The summed E-state index contributed by atoms with van der Waals surface area (Å²) in [4.78, 5) is 15.9. The van der Waals surface area contributed by atoms with E-state index in [4.69, 9.17) is 15.0 Å². The normalized spacial score (nSPS) is 13.1. The van der Waals surface area contributed by atoms with Gasteiger partial charge in [-0.25, -0.2) is 4.98 Å². The standard InChI is InChI=1S/C50H34N4/c1-50(2)43-19-11-10-18-39(43)41-30-46-42(29-44(41)50)40-25-24-36(31-12-4-3-5-13-31)28-45(40)54(46)49-52-47(37-22-20-32-14-6-8-16-34(32)26-37)51-48(53-49)38-23-21-33-15-7-9-17-35(33)27-38/h3-30H,1-2H3. The zero-order valence-corrected chi connectivity index (χ0v) is 30.0. The van der Waals surface area contributed by atoms with Gasteiger partial charge in [0.15, 0.2) is 11.6 Å². The Morgan fingerprint density at radius 3 is 1.65 bits per heavy atom. The largest absolute Gasteiger partial charge is 0.278 e. The van der Waals surface area contributed by atoms with Crippen LogP contribution in [0.1, 0.15) is 25.0 Å². The molecule has 11 rings (SSSR count). The molecule has 0 N–H and O–H groups in total. The molecule has 10 aromatic rings. The summed E-state index contributed by atoms with van der Waals surface area (Å²) in [6, 6.07) is 60.8. The number of hydrogen-bond acceptors (Lipinski definition) is 3. The molecule has 1 aliphatic carbocycles. The van der Waals surface area contributed by atoms with Gasteiger partial charge in [0.25, 0.3) is 0 Å². The third-order valence-electron chi connectivity index (χ3n) is 11.4. The number of hydrogen-bond donors (Lipinski definition) is 0. The van der Waals surface area contributed by atoms with Crippen LogP contribution in [0.4, 0.5) is 0 Å². The molecule has 254 valence electrons. The van der Waals surface area contributed by atoms with E-state index in [1.165, 1.54) is 43.8 Å². The maximum absolute atomic E-state index is 5.35. The molecule has 0 unspecified atom stereocenters. The van der Waals surface area contributed by atoms with Crippen molar-refractivity contribution >= 4 is 43.4 Å². The van der Waals surface area contributed by atoms with Crippen molar-refractivity contribution in [2.75, 3.05) is 0 Å². The molecule has 0 radical (unpaired) electrons. The van der Waals surface area contributed by atoms with Gasteiger partial charge in [-0.15, -0.1) is 0 Å². The molecule has 0 spiro atoms. The second kappa shape index (κ2) is 11.5. The molecule has 2 aromatic heterocycles. The Balaban J connectivity index is 1.23. The lowest BCUT2D eigenvalue weighted by atomic mass is 9.82. The summed E-state index contributed by atoms with van der Waals surface area (Å²) in [6.45, 7) is 4.68. The van der Waals surface area contributed by atoms with Crippen LogP contribution in [0.5, 0.6) is 0 Å². The van der Waals surface area contributed by atoms with Gasteiger partial charge >= 0.3 is 0 Å². The van der Waals surface area contributed by atoms with E-state index in [0.29, 0.717) is 17.6 Å². The molecule has 0 bridgehead atoms. The lowest BCUT2D eigenvalue weighted by Crippen LogP contribution is -2.14. The summed E-state index contributed by atoms with van der Waals surface area (Å²) >= 11 is 0. The van der Waals surface area contributed by atoms with Gasteiger partial charge in [-0.1, -0.05) is 153 Å². The zero-order valence-electron chi connectivity index (χ0n) is 30.0. The van der Waals surface area contributed by atoms with E-state index >= 15 is 0 Å². The Morgan fingerprint density at radius 2 is 0.963 bits per heavy atom. The Labute approximate surface area is 313 Å². The van der Waals surface area contributed by atoms with Crippen molar-refractivity contribution in [3.05, 3.63) is 181 Å². The van der Waals surface area contributed by atoms with Gasteiger partial charge in [0.1, 0.15) is 0 Å². The van der Waals surface area contributed by atoms with Gasteiger partial charge in [-0.2, -0.15) is 9.97 Å². The molecule has 0 amide bonds. The first-order valence-corrected chi connectivity index (χ1v) is 18.5. The maximum atomic E-state index is 5.35. The quantitative estimate of drug-likeness (QED) is 0.185. The molecular weight excluding hydrogens is 657 g/mol. The first-order chi connectivity index (χ1) is 26.5. The highest BCUT2D eigenvalue weighted by atomic mass is 15.2. The van der Waals surface area contributed by atoms with E-state index in [-0.39, 0.29) is 5.41 Å². The summed E-state index contributed by atoms with van der Waals surface area (Å²) in [7, 11) is 0. The van der Waals surface area contributed by atoms with E-state index in [1.54, 1.807) is 0 Å². The first kappa shape index (κ1) is 30.7. The fourth-order valence-corrected chi connectivity index (χ4v) is 8.62. The van der Waals surface area contributed by atoms with Crippen LogP contribution < -0.4 is 0 Å². The predicted octanol–water partition coefficient (Wildman–Crippen LogP) is 12.6. The number of nitrogens with zero attached hydrogens (tertiary/aromatic N) is 4. The van der Waals surface area contributed by atoms with E-state index in [1.807, 2.05) is 0 Å². The van der Waals surface area contributed by atoms with Crippen LogP contribution in [0.25, 0.3) is 94.3 Å². The van der Waals surface area contributed by atoms with Crippen LogP contribution in [0.3, 0.4) is 0 Å². The lowest BCUT2D eigenvalue weighted by Gasteiger charge is -2.21. The predicted molar refractivity (Wildman–Crippen MR) is 223 cm³/mol. The maximum Gasteiger partial charge on any atom is 0.238 e. The zero-order chi connectivity index (χ0) is 36.0. The molecule has 4 nitrogen and oxygen atoms in total. The fourth-order valence-electron chi connectivity index (χ4n) is 8.62. The molecule has 54 heavy (non-hydrogen) atoms. The van der Waals surface area contributed by atoms with Crippen LogP contribution in [-0.4, -0.2) is 19.5 Å². The van der Waals surface area contributed by atoms with Crippen molar-refractivity contribution in [2.24, 2.45) is 0 Å². The Bertz CT molecular complexity index is 3040. The molecule has 0 saturated carbocycles. The number of rotatable bonds is 4. The van der Waals surface area contributed by atoms with Crippen LogP contribution in [-0.2, 0) is 5.41 Å². The SMILES string of the molecule is CC1(C)c2ccccc2-c2cc3c(cc21)c1ccc(-c2ccccc2)cc1n3-c1nc(-c2ccc3ccccc3c2)nc(-c2ccc3ccccc3c2)n1. The topological polar surface area (TPSA) is 43.6 Å². The van der Waals surface area contributed by atoms with Crippen molar-refractivity contribution in [2.45, 2.75) is 19.3 Å². The van der Waals surface area contributed by atoms with Crippen LogP contribution in [0.2, 0.25) is 0 Å². The molecule has 0 atom stereocenters. The van der Waals surface area contributed by atoms with Crippen LogP contribution in [0, 0.1) is 0 Å². The van der Waals surface area contributed by atoms with E-state index in [2.05, 4.69) is 188 Å². The van der Waals surface area contributed by atoms with Crippen LogP contribution >= 0.6 is 0 Å². The minimum Gasteiger partial charge on any atom is -0.278 e. The molecule has 1 aliphatic rings. The average Bonchev–Trinajstić information content (AvgIpc) is 3.67. The Kier molecular flexibility index (Phi) is 6.56. The van der Waals surface area contributed by atoms with Gasteiger partial charge in [0, 0.05) is 27.3 Å². The van der Waals surface area contributed by atoms with Gasteiger partial charge in [-0.3, -0.25) is 4.57 Å². The molecule has 4 heteroatoms. The van der Waals surface area contributed by atoms with Crippen molar-refractivity contribution in [3.63, 3.8) is 0 Å². The summed E-state index contributed by atoms with van der Waals surface area (Å²) in [6.07, 6.45) is 0. The Morgan fingerprint density at radius 1 is 0.389 bits per heavy atom. The van der Waals surface area contributed by atoms with Crippen molar-refractivity contribution in [3.8, 4) is 51.0 Å². The first-order valence-electron chi connectivity index (χ1n) is 18.5. The smallest absolute Gasteiger partial charge is 0.238 e. The fraction of sp³-hybridized carbons (Fsp3) is 0.0600. The molecule has 0 fully saturated rings. The van der Waals surface area contributed by atoms with Crippen molar-refractivity contribution < 1.29 is 0 Å². The molecular formula is C50H34N4. The second-order valence-corrected chi connectivity index (χ2v) is 14.9. The number of benzene rings is 8. The van der Waals surface area contributed by atoms with Crippen molar-refractivity contribution in [1.29, 1.82) is 0 Å². The highest BCUT2D eigenvalue weighted by Gasteiger charge is 2.36. The average molecular weight is 691 g/mol. The summed E-state index contributed by atoms with van der Waals surface area (Å²) < 4.78 is 2.27. The molecule has 0 aliphatic heterocycles. The minimum atomic E-state index is -0.127.